The summed E-state index contributed by atoms with van der Waals surface area (Å²) in [6, 6.07) is 14.6. The summed E-state index contributed by atoms with van der Waals surface area (Å²) in [6.45, 7) is 0.767. The number of aromatic nitrogens is 2. The third kappa shape index (κ3) is 4.93. The fourth-order valence-electron chi connectivity index (χ4n) is 3.15. The predicted octanol–water partition coefficient (Wildman–Crippen LogP) is 6.02. The van der Waals surface area contributed by atoms with Crippen LogP contribution in [0, 0.1) is 0 Å². The summed E-state index contributed by atoms with van der Waals surface area (Å²) in [5.74, 6) is 0.972. The van der Waals surface area contributed by atoms with E-state index in [0.717, 1.165) is 27.8 Å². The maximum Gasteiger partial charge on any atom is 0.323 e. The molecular formula is C22H18Cl3N3O3. The van der Waals surface area contributed by atoms with E-state index in [9.17, 15) is 4.79 Å². The van der Waals surface area contributed by atoms with E-state index in [1.165, 1.54) is 0 Å². The number of hydrogen-bond acceptors (Lipinski definition) is 4. The topological polar surface area (TPSA) is 79.1 Å². The summed E-state index contributed by atoms with van der Waals surface area (Å²) in [6.07, 6.45) is 0. The van der Waals surface area contributed by atoms with E-state index in [1.54, 1.807) is 19.2 Å². The van der Waals surface area contributed by atoms with Crippen LogP contribution in [0.1, 0.15) is 11.1 Å². The molecule has 0 fully saturated rings. The molecule has 0 aliphatic carbocycles. The molecule has 0 radical (unpaired) electrons. The number of nitrogens with one attached hydrogen (secondary N) is 3. The second kappa shape index (κ2) is 9.14. The number of aromatic amines is 2. The van der Waals surface area contributed by atoms with Gasteiger partial charge in [0.1, 0.15) is 6.61 Å². The van der Waals surface area contributed by atoms with E-state index in [4.69, 9.17) is 44.3 Å². The second-order valence-corrected chi connectivity index (χ2v) is 8.06. The highest BCUT2D eigenvalue weighted by molar-refractivity contribution is 6.42. The van der Waals surface area contributed by atoms with Crippen LogP contribution in [-0.2, 0) is 13.2 Å². The van der Waals surface area contributed by atoms with Crippen molar-refractivity contribution in [2.75, 3.05) is 12.4 Å². The number of rotatable bonds is 7. The number of H-pyrrole nitrogens is 2. The van der Waals surface area contributed by atoms with Crippen LogP contribution in [0.25, 0.3) is 11.0 Å². The van der Waals surface area contributed by atoms with Crippen molar-refractivity contribution in [3.63, 3.8) is 0 Å². The number of anilines is 1. The van der Waals surface area contributed by atoms with E-state index < -0.39 is 0 Å². The molecule has 0 atom stereocenters. The van der Waals surface area contributed by atoms with Gasteiger partial charge in [-0.1, -0.05) is 40.9 Å². The van der Waals surface area contributed by atoms with Crippen molar-refractivity contribution >= 4 is 51.5 Å². The Labute approximate surface area is 193 Å². The van der Waals surface area contributed by atoms with Gasteiger partial charge in [0, 0.05) is 12.2 Å². The smallest absolute Gasteiger partial charge is 0.323 e. The van der Waals surface area contributed by atoms with Crippen molar-refractivity contribution in [3.8, 4) is 11.5 Å². The zero-order chi connectivity index (χ0) is 22.0. The zero-order valence-corrected chi connectivity index (χ0v) is 18.7. The number of imidazole rings is 1. The molecule has 0 aliphatic heterocycles. The minimum absolute atomic E-state index is 0.236. The van der Waals surface area contributed by atoms with Gasteiger partial charge >= 0.3 is 5.69 Å². The maximum atomic E-state index is 11.4. The lowest BCUT2D eigenvalue weighted by Crippen LogP contribution is -2.03. The molecule has 31 heavy (non-hydrogen) atoms. The fraction of sp³-hybridized carbons (Fsp3) is 0.136. The molecule has 0 saturated carbocycles. The normalized spacial score (nSPS) is 11.0. The van der Waals surface area contributed by atoms with Crippen molar-refractivity contribution in [3.05, 3.63) is 85.2 Å². The van der Waals surface area contributed by atoms with Gasteiger partial charge in [0.15, 0.2) is 11.5 Å². The molecule has 1 aromatic heterocycles. The molecule has 4 rings (SSSR count). The summed E-state index contributed by atoms with van der Waals surface area (Å²) >= 11 is 18.5. The molecule has 0 amide bonds. The van der Waals surface area contributed by atoms with Crippen molar-refractivity contribution in [1.82, 2.24) is 9.97 Å². The zero-order valence-electron chi connectivity index (χ0n) is 16.4. The van der Waals surface area contributed by atoms with Gasteiger partial charge in [-0.25, -0.2) is 4.79 Å². The van der Waals surface area contributed by atoms with Gasteiger partial charge in [0.2, 0.25) is 0 Å². The van der Waals surface area contributed by atoms with Crippen molar-refractivity contribution in [2.45, 2.75) is 13.2 Å². The number of halogens is 3. The highest BCUT2D eigenvalue weighted by Crippen LogP contribution is 2.37. The van der Waals surface area contributed by atoms with Gasteiger partial charge in [-0.15, -0.1) is 0 Å². The molecule has 3 aromatic carbocycles. The maximum absolute atomic E-state index is 11.4. The van der Waals surface area contributed by atoms with Crippen LogP contribution in [0.15, 0.2) is 53.3 Å². The van der Waals surface area contributed by atoms with E-state index in [1.807, 2.05) is 36.4 Å². The average molecular weight is 479 g/mol. The lowest BCUT2D eigenvalue weighted by Gasteiger charge is -2.15. The van der Waals surface area contributed by atoms with Crippen LogP contribution >= 0.6 is 34.8 Å². The first-order valence-electron chi connectivity index (χ1n) is 9.32. The van der Waals surface area contributed by atoms with Crippen LogP contribution in [0.2, 0.25) is 15.1 Å². The van der Waals surface area contributed by atoms with E-state index >= 15 is 0 Å². The van der Waals surface area contributed by atoms with Crippen molar-refractivity contribution in [1.29, 1.82) is 0 Å². The third-order valence-corrected chi connectivity index (χ3v) is 5.69. The van der Waals surface area contributed by atoms with E-state index in [-0.39, 0.29) is 12.3 Å². The van der Waals surface area contributed by atoms with Gasteiger partial charge in [-0.3, -0.25) is 0 Å². The molecule has 6 nitrogen and oxygen atoms in total. The van der Waals surface area contributed by atoms with Crippen molar-refractivity contribution < 1.29 is 9.47 Å². The van der Waals surface area contributed by atoms with Crippen LogP contribution < -0.4 is 20.5 Å². The second-order valence-electron chi connectivity index (χ2n) is 6.84. The van der Waals surface area contributed by atoms with Crippen LogP contribution in [0.4, 0.5) is 5.69 Å². The first-order valence-corrected chi connectivity index (χ1v) is 10.5. The van der Waals surface area contributed by atoms with E-state index in [0.29, 0.717) is 33.1 Å². The number of methoxy groups -OCH3 is 1. The molecule has 4 aromatic rings. The molecule has 0 bridgehead atoms. The molecule has 0 saturated heterocycles. The van der Waals surface area contributed by atoms with Gasteiger partial charge < -0.3 is 24.8 Å². The Morgan fingerprint density at radius 1 is 0.871 bits per heavy atom. The Morgan fingerprint density at radius 3 is 2.42 bits per heavy atom. The monoisotopic (exact) mass is 477 g/mol. The first-order chi connectivity index (χ1) is 14.9. The highest BCUT2D eigenvalue weighted by Gasteiger charge is 2.13. The number of benzene rings is 3. The van der Waals surface area contributed by atoms with Gasteiger partial charge in [0.25, 0.3) is 0 Å². The van der Waals surface area contributed by atoms with Crippen LogP contribution in [-0.4, -0.2) is 17.1 Å². The molecule has 0 unspecified atom stereocenters. The van der Waals surface area contributed by atoms with Gasteiger partial charge in [-0.05, 0) is 53.6 Å². The minimum Gasteiger partial charge on any atom is -0.493 e. The molecule has 0 spiro atoms. The first kappa shape index (κ1) is 21.4. The SMILES string of the molecule is COc1cc(CNc2ccc3[nH]c(=O)[nH]c3c2)cc(Cl)c1OCc1ccc(Cl)c(Cl)c1. The molecule has 1 heterocycles. The third-order valence-electron chi connectivity index (χ3n) is 4.67. The predicted molar refractivity (Wildman–Crippen MR) is 125 cm³/mol. The summed E-state index contributed by atoms with van der Waals surface area (Å²) in [4.78, 5) is 16.9. The van der Waals surface area contributed by atoms with E-state index in [2.05, 4.69) is 15.3 Å². The van der Waals surface area contributed by atoms with Crippen molar-refractivity contribution in [2.24, 2.45) is 0 Å². The molecule has 0 aliphatic rings. The van der Waals surface area contributed by atoms with Crippen LogP contribution in [0.5, 0.6) is 11.5 Å². The molecule has 160 valence electrons. The van der Waals surface area contributed by atoms with Crippen LogP contribution in [0.3, 0.4) is 0 Å². The standard InChI is InChI=1S/C22H18Cl3N3O3/c1-30-20-8-13(10-26-14-3-5-18-19(9-14)28-22(29)27-18)7-17(25)21(20)31-11-12-2-4-15(23)16(24)6-12/h2-9,26H,10-11H2,1H3,(H2,27,28,29). The molecule has 9 heteroatoms. The lowest BCUT2D eigenvalue weighted by molar-refractivity contribution is 0.284. The quantitative estimate of drug-likeness (QED) is 0.304. The Hall–Kier alpha value is -2.80. The number of fused-ring (bicyclic) bond motifs is 1. The number of ether oxygens (including phenoxy) is 2. The fourth-order valence-corrected chi connectivity index (χ4v) is 3.76. The summed E-state index contributed by atoms with van der Waals surface area (Å²) in [5.41, 5.74) is 3.88. The largest absolute Gasteiger partial charge is 0.493 e. The van der Waals surface area contributed by atoms with Gasteiger partial charge in [0.05, 0.1) is 33.2 Å². The average Bonchev–Trinajstić information content (AvgIpc) is 3.12. The lowest BCUT2D eigenvalue weighted by atomic mass is 10.2. The Bertz CT molecular complexity index is 1300. The summed E-state index contributed by atoms with van der Waals surface area (Å²) in [7, 11) is 1.56. The minimum atomic E-state index is -0.236. The van der Waals surface area contributed by atoms with Gasteiger partial charge in [-0.2, -0.15) is 0 Å². The highest BCUT2D eigenvalue weighted by atomic mass is 35.5. The molecular weight excluding hydrogens is 461 g/mol. The number of hydrogen-bond donors (Lipinski definition) is 3. The Balaban J connectivity index is 1.48. The Morgan fingerprint density at radius 2 is 1.65 bits per heavy atom. The summed E-state index contributed by atoms with van der Waals surface area (Å²) in [5, 5.41) is 4.69. The summed E-state index contributed by atoms with van der Waals surface area (Å²) < 4.78 is 11.4. The molecule has 3 N–H and O–H groups in total. The Kier molecular flexibility index (Phi) is 6.32.